The Morgan fingerprint density at radius 3 is 2.40 bits per heavy atom. The Balaban J connectivity index is 1.57. The van der Waals surface area contributed by atoms with E-state index >= 15 is 0 Å². The summed E-state index contributed by atoms with van der Waals surface area (Å²) >= 11 is 0. The van der Waals surface area contributed by atoms with Gasteiger partial charge in [-0.25, -0.2) is 0 Å². The number of likely N-dealkylation sites (tertiary alicyclic amines) is 2. The molecule has 0 spiro atoms. The largest absolute Gasteiger partial charge is 0.497 e. The summed E-state index contributed by atoms with van der Waals surface area (Å²) in [5, 5.41) is 7.30. The fraction of sp³-hybridized carbons (Fsp3) is 0.708. The first-order chi connectivity index (χ1) is 14.7. The normalized spacial score (nSPS) is 20.7. The molecule has 0 aromatic heterocycles. The molecule has 6 heteroatoms. The highest BCUT2D eigenvalue weighted by molar-refractivity contribution is 5.80. The van der Waals surface area contributed by atoms with E-state index in [1.807, 2.05) is 7.05 Å². The van der Waals surface area contributed by atoms with Gasteiger partial charge in [0.15, 0.2) is 5.96 Å². The third-order valence-electron chi connectivity index (χ3n) is 6.49. The molecule has 2 aliphatic rings. The van der Waals surface area contributed by atoms with Crippen molar-refractivity contribution in [3.63, 3.8) is 0 Å². The average Bonchev–Trinajstić information content (AvgIpc) is 2.81. The van der Waals surface area contributed by atoms with E-state index in [1.54, 1.807) is 7.11 Å². The number of hydrogen-bond donors (Lipinski definition) is 2. The second-order valence-electron chi connectivity index (χ2n) is 8.60. The van der Waals surface area contributed by atoms with Crippen LogP contribution in [0.25, 0.3) is 0 Å². The lowest BCUT2D eigenvalue weighted by Gasteiger charge is -2.36. The Morgan fingerprint density at radius 2 is 1.80 bits per heavy atom. The molecule has 1 aromatic carbocycles. The van der Waals surface area contributed by atoms with Crippen LogP contribution in [-0.4, -0.2) is 75.2 Å². The highest BCUT2D eigenvalue weighted by Gasteiger charge is 2.24. The van der Waals surface area contributed by atoms with Crippen LogP contribution in [0.4, 0.5) is 0 Å². The third kappa shape index (κ3) is 6.61. The summed E-state index contributed by atoms with van der Waals surface area (Å²) in [4.78, 5) is 9.71. The second-order valence-corrected chi connectivity index (χ2v) is 8.60. The van der Waals surface area contributed by atoms with Gasteiger partial charge in [0.25, 0.3) is 0 Å². The number of ether oxygens (including phenoxy) is 1. The molecule has 2 fully saturated rings. The van der Waals surface area contributed by atoms with Crippen molar-refractivity contribution in [1.82, 2.24) is 20.4 Å². The molecular weight excluding hydrogens is 374 g/mol. The van der Waals surface area contributed by atoms with Crippen LogP contribution in [0.15, 0.2) is 29.3 Å². The van der Waals surface area contributed by atoms with Gasteiger partial charge in [0, 0.05) is 32.7 Å². The zero-order valence-corrected chi connectivity index (χ0v) is 19.2. The number of nitrogens with zero attached hydrogens (tertiary/aromatic N) is 3. The van der Waals surface area contributed by atoms with E-state index in [1.165, 1.54) is 76.8 Å². The van der Waals surface area contributed by atoms with E-state index in [9.17, 15) is 0 Å². The van der Waals surface area contributed by atoms with Crippen molar-refractivity contribution >= 4 is 5.96 Å². The lowest BCUT2D eigenvalue weighted by Crippen LogP contribution is -2.50. The summed E-state index contributed by atoms with van der Waals surface area (Å²) in [6, 6.07) is 9.42. The highest BCUT2D eigenvalue weighted by atomic mass is 16.5. The average molecular weight is 416 g/mol. The summed E-state index contributed by atoms with van der Waals surface area (Å²) in [6.45, 7) is 9.05. The van der Waals surface area contributed by atoms with Crippen molar-refractivity contribution in [2.45, 2.75) is 57.5 Å². The molecule has 2 aliphatic heterocycles. The van der Waals surface area contributed by atoms with Gasteiger partial charge in [-0.1, -0.05) is 25.5 Å². The van der Waals surface area contributed by atoms with Gasteiger partial charge in [0.05, 0.1) is 13.2 Å². The quantitative estimate of drug-likeness (QED) is 0.504. The van der Waals surface area contributed by atoms with E-state index in [-0.39, 0.29) is 0 Å². The molecule has 3 rings (SSSR count). The van der Waals surface area contributed by atoms with Gasteiger partial charge in [-0.05, 0) is 69.4 Å². The minimum atomic E-state index is 0.348. The molecule has 1 aromatic rings. The molecule has 0 amide bonds. The number of hydrogen-bond acceptors (Lipinski definition) is 4. The molecule has 0 saturated carbocycles. The van der Waals surface area contributed by atoms with Gasteiger partial charge in [0.2, 0.25) is 0 Å². The number of rotatable bonds is 8. The van der Waals surface area contributed by atoms with Crippen molar-refractivity contribution in [3.05, 3.63) is 29.8 Å². The van der Waals surface area contributed by atoms with Crippen LogP contribution in [0.5, 0.6) is 5.75 Å². The third-order valence-corrected chi connectivity index (χ3v) is 6.49. The van der Waals surface area contributed by atoms with E-state index < -0.39 is 0 Å². The van der Waals surface area contributed by atoms with Crippen LogP contribution >= 0.6 is 0 Å². The van der Waals surface area contributed by atoms with Gasteiger partial charge in [0.1, 0.15) is 5.75 Å². The lowest BCUT2D eigenvalue weighted by atomic mass is 10.0. The van der Waals surface area contributed by atoms with Gasteiger partial charge in [-0.3, -0.25) is 9.89 Å². The Kier molecular flexibility index (Phi) is 9.27. The molecule has 0 bridgehead atoms. The zero-order valence-electron chi connectivity index (χ0n) is 19.2. The number of guanidine groups is 1. The van der Waals surface area contributed by atoms with E-state index in [0.717, 1.165) is 18.3 Å². The molecule has 0 aliphatic carbocycles. The Labute approximate surface area is 183 Å². The Hall–Kier alpha value is -1.79. The summed E-state index contributed by atoms with van der Waals surface area (Å²) in [5.74, 6) is 1.84. The van der Waals surface area contributed by atoms with Crippen molar-refractivity contribution in [2.75, 3.05) is 53.4 Å². The maximum atomic E-state index is 5.36. The molecule has 1 unspecified atom stereocenters. The minimum absolute atomic E-state index is 0.348. The highest BCUT2D eigenvalue weighted by Crippen LogP contribution is 2.26. The Morgan fingerprint density at radius 1 is 1.10 bits per heavy atom. The molecular formula is C24H41N5O. The summed E-state index contributed by atoms with van der Waals surface area (Å²) in [6.07, 6.45) is 7.54. The fourth-order valence-corrected chi connectivity index (χ4v) is 4.71. The molecule has 2 saturated heterocycles. The molecule has 6 nitrogen and oxygen atoms in total. The summed E-state index contributed by atoms with van der Waals surface area (Å²) in [7, 11) is 3.60. The molecule has 0 radical (unpaired) electrons. The van der Waals surface area contributed by atoms with Crippen molar-refractivity contribution < 1.29 is 4.74 Å². The van der Waals surface area contributed by atoms with Crippen molar-refractivity contribution in [2.24, 2.45) is 4.99 Å². The fourth-order valence-electron chi connectivity index (χ4n) is 4.71. The number of nitrogens with one attached hydrogen (secondary N) is 2. The van der Waals surface area contributed by atoms with Crippen molar-refractivity contribution in [1.29, 1.82) is 0 Å². The van der Waals surface area contributed by atoms with Crippen LogP contribution in [-0.2, 0) is 0 Å². The maximum Gasteiger partial charge on any atom is 0.191 e. The monoisotopic (exact) mass is 415 g/mol. The predicted molar refractivity (Wildman–Crippen MR) is 125 cm³/mol. The van der Waals surface area contributed by atoms with E-state index in [2.05, 4.69) is 56.6 Å². The molecule has 2 N–H and O–H groups in total. The minimum Gasteiger partial charge on any atom is -0.497 e. The maximum absolute atomic E-state index is 5.36. The number of methoxy groups -OCH3 is 1. The number of aliphatic imine (C=N–C) groups is 1. The second kappa shape index (κ2) is 12.2. The molecule has 30 heavy (non-hydrogen) atoms. The zero-order chi connectivity index (χ0) is 21.2. The van der Waals surface area contributed by atoms with Crippen LogP contribution in [0.1, 0.15) is 57.1 Å². The van der Waals surface area contributed by atoms with Gasteiger partial charge in [-0.2, -0.15) is 0 Å². The molecule has 168 valence electrons. The first kappa shape index (κ1) is 22.9. The first-order valence-corrected chi connectivity index (χ1v) is 11.8. The summed E-state index contributed by atoms with van der Waals surface area (Å²) in [5.41, 5.74) is 1.34. The van der Waals surface area contributed by atoms with E-state index in [4.69, 9.17) is 4.74 Å². The SMILES string of the molecule is CCCN1CCC(NC(=NC)NCC(c2ccc(OC)cc2)N2CCCCC2)CC1. The lowest BCUT2D eigenvalue weighted by molar-refractivity contribution is 0.163. The molecule has 1 atom stereocenters. The van der Waals surface area contributed by atoms with Crippen molar-refractivity contribution in [3.8, 4) is 5.75 Å². The van der Waals surface area contributed by atoms with Crippen LogP contribution < -0.4 is 15.4 Å². The topological polar surface area (TPSA) is 52.1 Å². The first-order valence-electron chi connectivity index (χ1n) is 11.8. The van der Waals surface area contributed by atoms with Gasteiger partial charge in [-0.15, -0.1) is 0 Å². The number of benzene rings is 1. The van der Waals surface area contributed by atoms with Gasteiger partial charge < -0.3 is 20.3 Å². The molecule has 2 heterocycles. The standard InChI is InChI=1S/C24H41N5O/c1-4-14-28-17-12-21(13-18-28)27-24(25-2)26-19-23(29-15-6-5-7-16-29)20-8-10-22(30-3)11-9-20/h8-11,21,23H,4-7,12-19H2,1-3H3,(H2,25,26,27). The predicted octanol–water partition coefficient (Wildman–Crippen LogP) is 3.26. The van der Waals surface area contributed by atoms with E-state index in [0.29, 0.717) is 12.1 Å². The Bertz CT molecular complexity index is 634. The summed E-state index contributed by atoms with van der Waals surface area (Å²) < 4.78 is 5.36. The van der Waals surface area contributed by atoms with Crippen LogP contribution in [0.3, 0.4) is 0 Å². The van der Waals surface area contributed by atoms with Crippen LogP contribution in [0.2, 0.25) is 0 Å². The van der Waals surface area contributed by atoms with Crippen LogP contribution in [0, 0.1) is 0 Å². The number of piperidine rings is 2. The van der Waals surface area contributed by atoms with Gasteiger partial charge >= 0.3 is 0 Å². The smallest absolute Gasteiger partial charge is 0.191 e.